The van der Waals surface area contributed by atoms with Gasteiger partial charge < -0.3 is 14.8 Å². The summed E-state index contributed by atoms with van der Waals surface area (Å²) >= 11 is 0. The lowest BCUT2D eigenvalue weighted by molar-refractivity contribution is 0.262. The number of carbonyl (C=O) groups is 1. The number of amides is 2. The molecule has 0 heterocycles. The highest BCUT2D eigenvalue weighted by Gasteiger charge is 2.18. The Morgan fingerprint density at radius 2 is 1.33 bits per heavy atom. The number of hydrogen-bond donors (Lipinski definition) is 2. The zero-order valence-electron chi connectivity index (χ0n) is 14.5. The van der Waals surface area contributed by atoms with E-state index in [0.717, 1.165) is 0 Å². The van der Waals surface area contributed by atoms with Crippen molar-refractivity contribution in [2.75, 3.05) is 10.6 Å². The number of anilines is 2. The van der Waals surface area contributed by atoms with Crippen LogP contribution < -0.4 is 14.8 Å². The van der Waals surface area contributed by atoms with Crippen molar-refractivity contribution < 1.29 is 17.4 Å². The first kappa shape index (κ1) is 18.5. The van der Waals surface area contributed by atoms with Crippen molar-refractivity contribution in [2.24, 2.45) is 0 Å². The van der Waals surface area contributed by atoms with E-state index in [1.807, 2.05) is 18.2 Å². The Kier molecular flexibility index (Phi) is 5.42. The van der Waals surface area contributed by atoms with Gasteiger partial charge in [0.15, 0.2) is 0 Å². The molecule has 0 atom stereocenters. The molecular formula is C20H18N2O4S. The van der Waals surface area contributed by atoms with Gasteiger partial charge in [0.25, 0.3) is 0 Å². The summed E-state index contributed by atoms with van der Waals surface area (Å²) in [5.41, 5.74) is 1.77. The van der Waals surface area contributed by atoms with Crippen LogP contribution in [0.4, 0.5) is 16.2 Å². The number of urea groups is 1. The Bertz CT molecular complexity index is 1030. The molecule has 0 aliphatic carbocycles. The predicted molar refractivity (Wildman–Crippen MR) is 105 cm³/mol. The highest BCUT2D eigenvalue weighted by atomic mass is 32.2. The van der Waals surface area contributed by atoms with Gasteiger partial charge in [-0.3, -0.25) is 0 Å². The summed E-state index contributed by atoms with van der Waals surface area (Å²) in [5, 5.41) is 5.36. The van der Waals surface area contributed by atoms with E-state index in [-0.39, 0.29) is 10.6 Å². The molecule has 0 saturated heterocycles. The molecule has 2 N–H and O–H groups in total. The van der Waals surface area contributed by atoms with E-state index in [9.17, 15) is 13.2 Å². The first-order valence-electron chi connectivity index (χ1n) is 8.17. The minimum absolute atomic E-state index is 0.120. The van der Waals surface area contributed by atoms with Crippen LogP contribution in [0.5, 0.6) is 5.75 Å². The van der Waals surface area contributed by atoms with Crippen LogP contribution in [0.3, 0.4) is 0 Å². The lowest BCUT2D eigenvalue weighted by Gasteiger charge is -2.10. The number of aryl methyl sites for hydroxylation is 1. The summed E-state index contributed by atoms with van der Waals surface area (Å²) in [6, 6.07) is 21.3. The molecule has 0 saturated carbocycles. The molecule has 27 heavy (non-hydrogen) atoms. The van der Waals surface area contributed by atoms with Crippen molar-refractivity contribution in [1.29, 1.82) is 0 Å². The summed E-state index contributed by atoms with van der Waals surface area (Å²) in [6.45, 7) is 1.70. The fourth-order valence-corrected chi connectivity index (χ4v) is 3.58. The van der Waals surface area contributed by atoms with E-state index in [1.165, 1.54) is 18.2 Å². The molecule has 0 aliphatic rings. The molecule has 0 aromatic heterocycles. The smallest absolute Gasteiger partial charge is 0.339 e. The molecular weight excluding hydrogens is 364 g/mol. The molecule has 3 aromatic rings. The van der Waals surface area contributed by atoms with E-state index >= 15 is 0 Å². The number of para-hydroxylation sites is 1. The Labute approximate surface area is 157 Å². The van der Waals surface area contributed by atoms with E-state index in [0.29, 0.717) is 16.9 Å². The maximum Gasteiger partial charge on any atom is 0.339 e. The van der Waals surface area contributed by atoms with Gasteiger partial charge in [-0.25, -0.2) is 4.79 Å². The number of carbonyl (C=O) groups excluding carboxylic acids is 1. The summed E-state index contributed by atoms with van der Waals surface area (Å²) in [5.74, 6) is 0.160. The van der Waals surface area contributed by atoms with E-state index in [1.54, 1.807) is 49.4 Å². The molecule has 2 amide bonds. The quantitative estimate of drug-likeness (QED) is 0.640. The standard InChI is InChI=1S/C20H18N2O4S/c1-15-7-5-6-10-19(15)27(24,25)26-18-13-11-17(12-14-18)22-20(23)21-16-8-3-2-4-9-16/h2-14H,1H3,(H2,21,22,23). The fraction of sp³-hybridized carbons (Fsp3) is 0.0500. The van der Waals surface area contributed by atoms with Gasteiger partial charge in [-0.1, -0.05) is 36.4 Å². The van der Waals surface area contributed by atoms with Crippen molar-refractivity contribution in [1.82, 2.24) is 0 Å². The Morgan fingerprint density at radius 1 is 0.778 bits per heavy atom. The third kappa shape index (κ3) is 4.86. The van der Waals surface area contributed by atoms with Crippen LogP contribution in [-0.2, 0) is 10.1 Å². The lowest BCUT2D eigenvalue weighted by Crippen LogP contribution is -2.19. The van der Waals surface area contributed by atoms with Crippen LogP contribution in [0.25, 0.3) is 0 Å². The minimum atomic E-state index is -3.92. The largest absolute Gasteiger partial charge is 0.379 e. The summed E-state index contributed by atoms with van der Waals surface area (Å²) in [6.07, 6.45) is 0. The van der Waals surface area contributed by atoms with Crippen molar-refractivity contribution in [3.8, 4) is 5.75 Å². The summed E-state index contributed by atoms with van der Waals surface area (Å²) in [7, 11) is -3.92. The highest BCUT2D eigenvalue weighted by molar-refractivity contribution is 7.87. The Balaban J connectivity index is 1.65. The van der Waals surface area contributed by atoms with Gasteiger partial charge >= 0.3 is 16.1 Å². The third-order valence-corrected chi connectivity index (χ3v) is 5.12. The van der Waals surface area contributed by atoms with Crippen molar-refractivity contribution >= 4 is 27.5 Å². The maximum atomic E-state index is 12.4. The molecule has 0 bridgehead atoms. The molecule has 0 fully saturated rings. The average molecular weight is 382 g/mol. The second-order valence-electron chi connectivity index (χ2n) is 5.77. The van der Waals surface area contributed by atoms with Crippen LogP contribution in [-0.4, -0.2) is 14.4 Å². The first-order valence-corrected chi connectivity index (χ1v) is 9.58. The Morgan fingerprint density at radius 3 is 1.96 bits per heavy atom. The summed E-state index contributed by atoms with van der Waals surface area (Å²) in [4.78, 5) is 12.1. The van der Waals surface area contributed by atoms with Gasteiger partial charge in [0.05, 0.1) is 0 Å². The van der Waals surface area contributed by atoms with E-state index in [2.05, 4.69) is 10.6 Å². The molecule has 0 radical (unpaired) electrons. The summed E-state index contributed by atoms with van der Waals surface area (Å²) < 4.78 is 29.9. The second-order valence-corrected chi connectivity index (χ2v) is 7.29. The van der Waals surface area contributed by atoms with Crippen LogP contribution >= 0.6 is 0 Å². The number of nitrogens with one attached hydrogen (secondary N) is 2. The first-order chi connectivity index (χ1) is 12.9. The van der Waals surface area contributed by atoms with Gasteiger partial charge in [0.1, 0.15) is 10.6 Å². The zero-order chi connectivity index (χ0) is 19.3. The average Bonchev–Trinajstić information content (AvgIpc) is 2.64. The van der Waals surface area contributed by atoms with Crippen molar-refractivity contribution in [3.05, 3.63) is 84.4 Å². The van der Waals surface area contributed by atoms with Crippen LogP contribution in [0.1, 0.15) is 5.56 Å². The van der Waals surface area contributed by atoms with E-state index < -0.39 is 16.1 Å². The SMILES string of the molecule is Cc1ccccc1S(=O)(=O)Oc1ccc(NC(=O)Nc2ccccc2)cc1. The molecule has 0 spiro atoms. The zero-order valence-corrected chi connectivity index (χ0v) is 15.4. The molecule has 3 aromatic carbocycles. The van der Waals surface area contributed by atoms with Gasteiger partial charge in [-0.2, -0.15) is 8.42 Å². The lowest BCUT2D eigenvalue weighted by atomic mass is 10.2. The molecule has 0 unspecified atom stereocenters. The second kappa shape index (κ2) is 7.92. The molecule has 6 nitrogen and oxygen atoms in total. The van der Waals surface area contributed by atoms with Gasteiger partial charge in [-0.15, -0.1) is 0 Å². The molecule has 7 heteroatoms. The number of rotatable bonds is 5. The van der Waals surface area contributed by atoms with Crippen molar-refractivity contribution in [3.63, 3.8) is 0 Å². The van der Waals surface area contributed by atoms with Crippen molar-refractivity contribution in [2.45, 2.75) is 11.8 Å². The predicted octanol–water partition coefficient (Wildman–Crippen LogP) is 4.41. The number of hydrogen-bond acceptors (Lipinski definition) is 4. The molecule has 138 valence electrons. The van der Waals surface area contributed by atoms with Gasteiger partial charge in [0, 0.05) is 11.4 Å². The fourth-order valence-electron chi connectivity index (χ4n) is 2.42. The van der Waals surface area contributed by atoms with Crippen LogP contribution in [0.2, 0.25) is 0 Å². The van der Waals surface area contributed by atoms with Gasteiger partial charge in [0.2, 0.25) is 0 Å². The van der Waals surface area contributed by atoms with Crippen LogP contribution in [0.15, 0.2) is 83.8 Å². The normalized spacial score (nSPS) is 10.9. The monoisotopic (exact) mass is 382 g/mol. The molecule has 3 rings (SSSR count). The van der Waals surface area contributed by atoms with Crippen LogP contribution in [0, 0.1) is 6.92 Å². The maximum absolute atomic E-state index is 12.4. The minimum Gasteiger partial charge on any atom is -0.379 e. The third-order valence-electron chi connectivity index (χ3n) is 3.71. The van der Waals surface area contributed by atoms with Gasteiger partial charge in [-0.05, 0) is 55.0 Å². The molecule has 0 aliphatic heterocycles. The number of benzene rings is 3. The Hall–Kier alpha value is -3.32. The van der Waals surface area contributed by atoms with E-state index in [4.69, 9.17) is 4.18 Å². The highest BCUT2D eigenvalue weighted by Crippen LogP contribution is 2.22. The topological polar surface area (TPSA) is 84.5 Å².